The van der Waals surface area contributed by atoms with Crippen LogP contribution in [0, 0.1) is 5.82 Å². The highest BCUT2D eigenvalue weighted by molar-refractivity contribution is 5.32. The standard InChI is InChI=1S/C17H25FN2O/c1-2-7-20(11-12-8-13(18)3-6-17(12)21)16-9-14-4-5-15(10-16)19-14/h3,6,8,14-16,19,21H,2,4-5,7,9-11H2,1H3. The molecule has 2 aliphatic heterocycles. The molecule has 116 valence electrons. The van der Waals surface area contributed by atoms with Gasteiger partial charge in [0.15, 0.2) is 0 Å². The molecule has 3 rings (SSSR count). The van der Waals surface area contributed by atoms with Crippen molar-refractivity contribution < 1.29 is 9.50 Å². The van der Waals surface area contributed by atoms with Gasteiger partial charge in [-0.1, -0.05) is 6.92 Å². The van der Waals surface area contributed by atoms with Gasteiger partial charge in [-0.25, -0.2) is 4.39 Å². The number of nitrogens with zero attached hydrogens (tertiary/aromatic N) is 1. The van der Waals surface area contributed by atoms with Crippen molar-refractivity contribution in [3.63, 3.8) is 0 Å². The first-order valence-electron chi connectivity index (χ1n) is 8.13. The lowest BCUT2D eigenvalue weighted by atomic mass is 9.97. The minimum Gasteiger partial charge on any atom is -0.508 e. The first kappa shape index (κ1) is 14.8. The van der Waals surface area contributed by atoms with Crippen LogP contribution in [0.4, 0.5) is 4.39 Å². The van der Waals surface area contributed by atoms with Crippen molar-refractivity contribution in [1.82, 2.24) is 10.2 Å². The van der Waals surface area contributed by atoms with Gasteiger partial charge in [0.05, 0.1) is 0 Å². The van der Waals surface area contributed by atoms with Gasteiger partial charge < -0.3 is 10.4 Å². The zero-order valence-corrected chi connectivity index (χ0v) is 12.7. The Balaban J connectivity index is 1.73. The van der Waals surface area contributed by atoms with Crippen LogP contribution in [0.5, 0.6) is 5.75 Å². The molecule has 4 heteroatoms. The quantitative estimate of drug-likeness (QED) is 0.875. The SMILES string of the molecule is CCCN(Cc1cc(F)ccc1O)C1CC2CCC(C1)N2. The molecule has 2 N–H and O–H groups in total. The van der Waals surface area contributed by atoms with E-state index in [9.17, 15) is 9.50 Å². The van der Waals surface area contributed by atoms with Crippen LogP contribution in [-0.4, -0.2) is 34.7 Å². The average Bonchev–Trinajstić information content (AvgIpc) is 2.81. The number of piperidine rings is 1. The average molecular weight is 292 g/mol. The van der Waals surface area contributed by atoms with Gasteiger partial charge in [-0.2, -0.15) is 0 Å². The maximum absolute atomic E-state index is 13.4. The predicted octanol–water partition coefficient (Wildman–Crippen LogP) is 3.03. The maximum Gasteiger partial charge on any atom is 0.123 e. The molecular weight excluding hydrogens is 267 g/mol. The van der Waals surface area contributed by atoms with Crippen LogP contribution in [-0.2, 0) is 6.54 Å². The Morgan fingerprint density at radius 1 is 1.29 bits per heavy atom. The number of fused-ring (bicyclic) bond motifs is 2. The topological polar surface area (TPSA) is 35.5 Å². The van der Waals surface area contributed by atoms with Crippen LogP contribution in [0.25, 0.3) is 0 Å². The first-order chi connectivity index (χ1) is 10.2. The summed E-state index contributed by atoms with van der Waals surface area (Å²) in [5.41, 5.74) is 0.703. The van der Waals surface area contributed by atoms with Crippen molar-refractivity contribution in [1.29, 1.82) is 0 Å². The maximum atomic E-state index is 13.4. The van der Waals surface area contributed by atoms with Gasteiger partial charge in [0.1, 0.15) is 11.6 Å². The lowest BCUT2D eigenvalue weighted by Gasteiger charge is -2.38. The van der Waals surface area contributed by atoms with E-state index >= 15 is 0 Å². The fourth-order valence-electron chi connectivity index (χ4n) is 3.90. The fourth-order valence-corrected chi connectivity index (χ4v) is 3.90. The van der Waals surface area contributed by atoms with E-state index in [1.165, 1.54) is 43.9 Å². The van der Waals surface area contributed by atoms with E-state index in [-0.39, 0.29) is 11.6 Å². The number of phenolic OH excluding ortho intramolecular Hbond substituents is 1. The number of phenols is 1. The number of aromatic hydroxyl groups is 1. The van der Waals surface area contributed by atoms with Gasteiger partial charge >= 0.3 is 0 Å². The molecule has 2 aliphatic rings. The molecule has 2 saturated heterocycles. The van der Waals surface area contributed by atoms with Crippen molar-refractivity contribution in [2.24, 2.45) is 0 Å². The van der Waals surface area contributed by atoms with E-state index in [0.29, 0.717) is 30.2 Å². The van der Waals surface area contributed by atoms with E-state index in [1.54, 1.807) is 0 Å². The van der Waals surface area contributed by atoms with Crippen LogP contribution in [0.15, 0.2) is 18.2 Å². The van der Waals surface area contributed by atoms with E-state index in [1.807, 2.05) is 0 Å². The molecule has 0 amide bonds. The number of rotatable bonds is 5. The largest absolute Gasteiger partial charge is 0.508 e. The van der Waals surface area contributed by atoms with Crippen molar-refractivity contribution in [2.45, 2.75) is 63.7 Å². The summed E-state index contributed by atoms with van der Waals surface area (Å²) in [5, 5.41) is 13.6. The number of halogens is 1. The van der Waals surface area contributed by atoms with Gasteiger partial charge in [0.25, 0.3) is 0 Å². The second-order valence-electron chi connectivity index (χ2n) is 6.51. The Hall–Kier alpha value is -1.13. The van der Waals surface area contributed by atoms with Crippen molar-refractivity contribution in [3.05, 3.63) is 29.6 Å². The summed E-state index contributed by atoms with van der Waals surface area (Å²) in [7, 11) is 0. The molecule has 3 nitrogen and oxygen atoms in total. The van der Waals surface area contributed by atoms with Gasteiger partial charge in [0, 0.05) is 30.2 Å². The summed E-state index contributed by atoms with van der Waals surface area (Å²) in [6.45, 7) is 3.82. The Morgan fingerprint density at radius 3 is 2.67 bits per heavy atom. The fraction of sp³-hybridized carbons (Fsp3) is 0.647. The molecule has 2 unspecified atom stereocenters. The molecule has 0 spiro atoms. The molecule has 2 atom stereocenters. The minimum absolute atomic E-state index is 0.203. The molecule has 2 heterocycles. The molecule has 0 radical (unpaired) electrons. The van der Waals surface area contributed by atoms with Crippen molar-refractivity contribution >= 4 is 0 Å². The van der Waals surface area contributed by atoms with Crippen LogP contribution < -0.4 is 5.32 Å². The number of hydrogen-bond donors (Lipinski definition) is 2. The van der Waals surface area contributed by atoms with Crippen LogP contribution >= 0.6 is 0 Å². The zero-order chi connectivity index (χ0) is 14.8. The summed E-state index contributed by atoms with van der Waals surface area (Å²) < 4.78 is 13.4. The zero-order valence-electron chi connectivity index (χ0n) is 12.7. The first-order valence-corrected chi connectivity index (χ1v) is 8.13. The Bertz CT molecular complexity index is 482. The lowest BCUT2D eigenvalue weighted by Crippen LogP contribution is -2.48. The smallest absolute Gasteiger partial charge is 0.123 e. The third-order valence-corrected chi connectivity index (χ3v) is 4.89. The summed E-state index contributed by atoms with van der Waals surface area (Å²) in [4.78, 5) is 2.43. The minimum atomic E-state index is -0.273. The Kier molecular flexibility index (Phi) is 4.45. The summed E-state index contributed by atoms with van der Waals surface area (Å²) in [6, 6.07) is 6.08. The normalized spacial score (nSPS) is 28.2. The molecule has 1 aromatic carbocycles. The van der Waals surface area contributed by atoms with Gasteiger partial charge in [0.2, 0.25) is 0 Å². The Labute approximate surface area is 126 Å². The third kappa shape index (κ3) is 3.38. The molecule has 2 fully saturated rings. The summed E-state index contributed by atoms with van der Waals surface area (Å²) in [6.07, 6.45) is 5.99. The van der Waals surface area contributed by atoms with E-state index < -0.39 is 0 Å². The molecule has 0 aliphatic carbocycles. The number of nitrogens with one attached hydrogen (secondary N) is 1. The third-order valence-electron chi connectivity index (χ3n) is 4.89. The van der Waals surface area contributed by atoms with Crippen LogP contribution in [0.1, 0.15) is 44.6 Å². The van der Waals surface area contributed by atoms with Crippen molar-refractivity contribution in [3.8, 4) is 5.75 Å². The van der Waals surface area contributed by atoms with E-state index in [4.69, 9.17) is 0 Å². The van der Waals surface area contributed by atoms with Crippen molar-refractivity contribution in [2.75, 3.05) is 6.54 Å². The van der Waals surface area contributed by atoms with E-state index in [2.05, 4.69) is 17.1 Å². The molecule has 1 aromatic rings. The second-order valence-corrected chi connectivity index (χ2v) is 6.51. The summed E-state index contributed by atoms with van der Waals surface area (Å²) >= 11 is 0. The molecular formula is C17H25FN2O. The highest BCUT2D eigenvalue weighted by atomic mass is 19.1. The van der Waals surface area contributed by atoms with Crippen LogP contribution in [0.3, 0.4) is 0 Å². The van der Waals surface area contributed by atoms with Gasteiger partial charge in [-0.3, -0.25) is 4.90 Å². The monoisotopic (exact) mass is 292 g/mol. The molecule has 0 aromatic heterocycles. The molecule has 0 saturated carbocycles. The predicted molar refractivity (Wildman–Crippen MR) is 81.7 cm³/mol. The highest BCUT2D eigenvalue weighted by Crippen LogP contribution is 2.31. The number of hydrogen-bond acceptors (Lipinski definition) is 3. The second kappa shape index (κ2) is 6.32. The lowest BCUT2D eigenvalue weighted by molar-refractivity contribution is 0.132. The molecule has 21 heavy (non-hydrogen) atoms. The highest BCUT2D eigenvalue weighted by Gasteiger charge is 2.35. The summed E-state index contributed by atoms with van der Waals surface area (Å²) in [5.74, 6) is -0.0703. The Morgan fingerprint density at radius 2 is 2.00 bits per heavy atom. The van der Waals surface area contributed by atoms with Gasteiger partial charge in [-0.05, 0) is 56.8 Å². The number of benzene rings is 1. The molecule has 2 bridgehead atoms. The van der Waals surface area contributed by atoms with Gasteiger partial charge in [-0.15, -0.1) is 0 Å². The van der Waals surface area contributed by atoms with E-state index in [0.717, 1.165) is 13.0 Å². The van der Waals surface area contributed by atoms with Crippen LogP contribution in [0.2, 0.25) is 0 Å².